The van der Waals surface area contributed by atoms with E-state index in [1.807, 2.05) is 67.6 Å². The molecule has 37 heavy (non-hydrogen) atoms. The number of hydrogen-bond acceptors (Lipinski definition) is 4. The minimum absolute atomic E-state index is 0.0317. The maximum absolute atomic E-state index is 12.7. The SMILES string of the molecule is Cc1ccc(-n2nc(C)c(CC(NC(=O)OCC3c4ccccc4-c4ccccc43)C(=O)O)c2Cl)cc1. The van der Waals surface area contributed by atoms with Crippen molar-refractivity contribution in [1.29, 1.82) is 0 Å². The summed E-state index contributed by atoms with van der Waals surface area (Å²) in [5, 5.41) is 17.1. The maximum atomic E-state index is 12.7. The second-order valence-electron chi connectivity index (χ2n) is 9.17. The van der Waals surface area contributed by atoms with Gasteiger partial charge in [0.1, 0.15) is 17.8 Å². The van der Waals surface area contributed by atoms with E-state index in [2.05, 4.69) is 22.5 Å². The van der Waals surface area contributed by atoms with Crippen LogP contribution in [0.15, 0.2) is 72.8 Å². The Morgan fingerprint density at radius 1 is 1.00 bits per heavy atom. The Labute approximate surface area is 219 Å². The highest BCUT2D eigenvalue weighted by Gasteiger charge is 2.30. The number of hydrogen-bond donors (Lipinski definition) is 2. The summed E-state index contributed by atoms with van der Waals surface area (Å²) in [6.45, 7) is 3.84. The molecule has 1 heterocycles. The van der Waals surface area contributed by atoms with Crippen molar-refractivity contribution in [3.63, 3.8) is 0 Å². The van der Waals surface area contributed by atoms with E-state index in [4.69, 9.17) is 16.3 Å². The van der Waals surface area contributed by atoms with Crippen molar-refractivity contribution in [2.75, 3.05) is 6.61 Å². The van der Waals surface area contributed by atoms with E-state index in [0.717, 1.165) is 33.5 Å². The second kappa shape index (κ2) is 10.1. The van der Waals surface area contributed by atoms with Crippen LogP contribution < -0.4 is 5.32 Å². The van der Waals surface area contributed by atoms with Crippen LogP contribution in [0.2, 0.25) is 5.15 Å². The summed E-state index contributed by atoms with van der Waals surface area (Å²) in [5.74, 6) is -1.31. The van der Waals surface area contributed by atoms with Gasteiger partial charge in [0, 0.05) is 17.9 Å². The zero-order valence-corrected chi connectivity index (χ0v) is 21.2. The van der Waals surface area contributed by atoms with Gasteiger partial charge in [-0.1, -0.05) is 77.8 Å². The summed E-state index contributed by atoms with van der Waals surface area (Å²) in [5.41, 5.74) is 7.40. The molecule has 7 nitrogen and oxygen atoms in total. The van der Waals surface area contributed by atoms with Crippen molar-refractivity contribution >= 4 is 23.7 Å². The largest absolute Gasteiger partial charge is 0.480 e. The number of carboxylic acid groups (broad SMARTS) is 1. The van der Waals surface area contributed by atoms with Gasteiger partial charge < -0.3 is 15.2 Å². The predicted molar refractivity (Wildman–Crippen MR) is 141 cm³/mol. The third-order valence-electron chi connectivity index (χ3n) is 6.74. The van der Waals surface area contributed by atoms with Crippen LogP contribution in [0.4, 0.5) is 4.79 Å². The van der Waals surface area contributed by atoms with Gasteiger partial charge in [-0.25, -0.2) is 14.3 Å². The average Bonchev–Trinajstić information content (AvgIpc) is 3.36. The van der Waals surface area contributed by atoms with Crippen LogP contribution in [0.5, 0.6) is 0 Å². The Kier molecular flexibility index (Phi) is 6.72. The van der Waals surface area contributed by atoms with E-state index < -0.39 is 18.1 Å². The molecule has 1 unspecified atom stereocenters. The number of alkyl carbamates (subject to hydrolysis) is 1. The molecule has 0 fully saturated rings. The highest BCUT2D eigenvalue weighted by molar-refractivity contribution is 6.30. The zero-order chi connectivity index (χ0) is 26.1. The lowest BCUT2D eigenvalue weighted by atomic mass is 9.98. The Hall–Kier alpha value is -4.10. The molecule has 3 aromatic carbocycles. The Bertz CT molecular complexity index is 1430. The molecule has 1 atom stereocenters. The van der Waals surface area contributed by atoms with E-state index in [-0.39, 0.29) is 18.9 Å². The molecular formula is C29H26ClN3O4. The number of nitrogens with zero attached hydrogens (tertiary/aromatic N) is 2. The average molecular weight is 516 g/mol. The number of rotatable bonds is 7. The lowest BCUT2D eigenvalue weighted by Gasteiger charge is -2.17. The molecule has 1 aliphatic rings. The molecule has 0 radical (unpaired) electrons. The van der Waals surface area contributed by atoms with Crippen molar-refractivity contribution in [3.05, 3.63) is 106 Å². The van der Waals surface area contributed by atoms with Gasteiger partial charge in [-0.2, -0.15) is 5.10 Å². The number of aryl methyl sites for hydroxylation is 2. The second-order valence-corrected chi connectivity index (χ2v) is 9.52. The predicted octanol–water partition coefficient (Wildman–Crippen LogP) is 5.68. The highest BCUT2D eigenvalue weighted by atomic mass is 35.5. The van der Waals surface area contributed by atoms with Gasteiger partial charge >= 0.3 is 12.1 Å². The normalized spacial score (nSPS) is 13.1. The molecule has 0 saturated carbocycles. The van der Waals surface area contributed by atoms with Gasteiger partial charge in [-0.05, 0) is 48.2 Å². The fourth-order valence-electron chi connectivity index (χ4n) is 4.81. The fraction of sp³-hybridized carbons (Fsp3) is 0.207. The van der Waals surface area contributed by atoms with E-state index in [1.54, 1.807) is 11.6 Å². The first-order valence-corrected chi connectivity index (χ1v) is 12.4. The molecule has 0 saturated heterocycles. The third-order valence-corrected chi connectivity index (χ3v) is 7.13. The van der Waals surface area contributed by atoms with Crippen molar-refractivity contribution in [2.24, 2.45) is 0 Å². The number of aromatic nitrogens is 2. The number of carbonyl (C=O) groups is 2. The fourth-order valence-corrected chi connectivity index (χ4v) is 5.16. The van der Waals surface area contributed by atoms with Gasteiger partial charge in [0.05, 0.1) is 11.4 Å². The van der Waals surface area contributed by atoms with Crippen LogP contribution in [0.25, 0.3) is 16.8 Å². The molecule has 4 aromatic rings. The van der Waals surface area contributed by atoms with Gasteiger partial charge in [0.25, 0.3) is 0 Å². The van der Waals surface area contributed by atoms with Gasteiger partial charge in [0.15, 0.2) is 0 Å². The molecule has 0 bridgehead atoms. The molecule has 0 aliphatic heterocycles. The van der Waals surface area contributed by atoms with Crippen LogP contribution >= 0.6 is 11.6 Å². The number of carboxylic acids is 1. The Morgan fingerprint density at radius 2 is 1.59 bits per heavy atom. The first-order chi connectivity index (χ1) is 17.8. The summed E-state index contributed by atoms with van der Waals surface area (Å²) in [7, 11) is 0. The number of halogens is 1. The van der Waals surface area contributed by atoms with Crippen molar-refractivity contribution in [2.45, 2.75) is 32.2 Å². The molecule has 1 amide bonds. The van der Waals surface area contributed by atoms with Crippen molar-refractivity contribution < 1.29 is 19.4 Å². The van der Waals surface area contributed by atoms with E-state index in [9.17, 15) is 14.7 Å². The van der Waals surface area contributed by atoms with Crippen LogP contribution in [-0.4, -0.2) is 39.6 Å². The maximum Gasteiger partial charge on any atom is 0.407 e. The number of carbonyl (C=O) groups excluding carboxylic acids is 1. The quantitative estimate of drug-likeness (QED) is 0.330. The number of nitrogens with one attached hydrogen (secondary N) is 1. The Balaban J connectivity index is 1.29. The topological polar surface area (TPSA) is 93.5 Å². The number of aliphatic carboxylic acids is 1. The standard InChI is InChI=1S/C29H26ClN3O4/c1-17-11-13-19(14-12-17)33-27(30)24(18(2)32-33)15-26(28(34)35)31-29(36)37-16-25-22-9-5-3-7-20(22)21-8-4-6-10-23(21)25/h3-14,25-26H,15-16H2,1-2H3,(H,31,36)(H,34,35). The molecule has 2 N–H and O–H groups in total. The van der Waals surface area contributed by atoms with Crippen molar-refractivity contribution in [1.82, 2.24) is 15.1 Å². The van der Waals surface area contributed by atoms with Gasteiger partial charge in [-0.15, -0.1) is 0 Å². The minimum Gasteiger partial charge on any atom is -0.480 e. The molecular weight excluding hydrogens is 490 g/mol. The van der Waals surface area contributed by atoms with E-state index in [0.29, 0.717) is 16.4 Å². The number of benzene rings is 3. The minimum atomic E-state index is -1.23. The van der Waals surface area contributed by atoms with E-state index >= 15 is 0 Å². The van der Waals surface area contributed by atoms with Crippen molar-refractivity contribution in [3.8, 4) is 16.8 Å². The summed E-state index contributed by atoms with van der Waals surface area (Å²) in [6, 6.07) is 22.5. The first-order valence-electron chi connectivity index (χ1n) is 12.0. The summed E-state index contributed by atoms with van der Waals surface area (Å²) >= 11 is 6.60. The molecule has 188 valence electrons. The molecule has 8 heteroatoms. The third kappa shape index (κ3) is 4.82. The monoisotopic (exact) mass is 515 g/mol. The molecule has 0 spiro atoms. The van der Waals surface area contributed by atoms with E-state index in [1.165, 1.54) is 0 Å². The smallest absolute Gasteiger partial charge is 0.407 e. The molecule has 5 rings (SSSR count). The van der Waals surface area contributed by atoms with Gasteiger partial charge in [0.2, 0.25) is 0 Å². The van der Waals surface area contributed by atoms with Crippen LogP contribution in [0, 0.1) is 13.8 Å². The summed E-state index contributed by atoms with van der Waals surface area (Å²) in [6.07, 6.45) is -0.829. The first kappa shape index (κ1) is 24.6. The molecule has 1 aliphatic carbocycles. The van der Waals surface area contributed by atoms with Gasteiger partial charge in [-0.3, -0.25) is 0 Å². The summed E-state index contributed by atoms with van der Waals surface area (Å²) < 4.78 is 7.10. The zero-order valence-electron chi connectivity index (χ0n) is 20.4. The summed E-state index contributed by atoms with van der Waals surface area (Å²) in [4.78, 5) is 24.7. The molecule has 1 aromatic heterocycles. The van der Waals surface area contributed by atoms with Crippen LogP contribution in [-0.2, 0) is 16.0 Å². The Morgan fingerprint density at radius 3 is 2.19 bits per heavy atom. The number of fused-ring (bicyclic) bond motifs is 3. The lowest BCUT2D eigenvalue weighted by Crippen LogP contribution is -2.43. The van der Waals surface area contributed by atoms with Crippen LogP contribution in [0.3, 0.4) is 0 Å². The number of amides is 1. The van der Waals surface area contributed by atoms with Crippen LogP contribution in [0.1, 0.15) is 33.9 Å². The highest BCUT2D eigenvalue weighted by Crippen LogP contribution is 2.44. The number of ether oxygens (including phenoxy) is 1. The lowest BCUT2D eigenvalue weighted by molar-refractivity contribution is -0.139.